The molecule has 1 aromatic heterocycles. The number of carbonyl (C=O) groups is 2. The van der Waals surface area contributed by atoms with Crippen LogP contribution in [0.15, 0.2) is 67.1 Å². The Morgan fingerprint density at radius 2 is 1.64 bits per heavy atom. The first-order valence-corrected chi connectivity index (χ1v) is 12.4. The minimum Gasteiger partial charge on any atom is -1.00 e. The number of amides is 1. The lowest BCUT2D eigenvalue weighted by Crippen LogP contribution is -3.00. The van der Waals surface area contributed by atoms with Crippen molar-refractivity contribution in [2.24, 2.45) is 5.92 Å². The summed E-state index contributed by atoms with van der Waals surface area (Å²) in [6.07, 6.45) is 5.64. The van der Waals surface area contributed by atoms with Gasteiger partial charge in [0.1, 0.15) is 24.6 Å². The van der Waals surface area contributed by atoms with Crippen LogP contribution in [0, 0.1) is 5.92 Å². The zero-order valence-electron chi connectivity index (χ0n) is 20.0. The van der Waals surface area contributed by atoms with Gasteiger partial charge in [0.2, 0.25) is 0 Å². The Morgan fingerprint density at radius 1 is 0.972 bits per heavy atom. The van der Waals surface area contributed by atoms with Gasteiger partial charge < -0.3 is 31.5 Å². The topological polar surface area (TPSA) is 81.2 Å². The lowest BCUT2D eigenvalue weighted by atomic mass is 9.78. The van der Waals surface area contributed by atoms with Crippen LogP contribution in [0.3, 0.4) is 0 Å². The third-order valence-electron chi connectivity index (χ3n) is 7.99. The van der Waals surface area contributed by atoms with Crippen molar-refractivity contribution in [3.05, 3.63) is 89.4 Å². The molecular formula is C28H29BrN4O3. The van der Waals surface area contributed by atoms with Crippen LogP contribution >= 0.6 is 0 Å². The van der Waals surface area contributed by atoms with Gasteiger partial charge in [0, 0.05) is 25.0 Å². The molecule has 186 valence electrons. The summed E-state index contributed by atoms with van der Waals surface area (Å²) in [5.74, 6) is 0.225. The van der Waals surface area contributed by atoms with Crippen molar-refractivity contribution in [3.63, 3.8) is 0 Å². The Morgan fingerprint density at radius 3 is 2.28 bits per heavy atom. The van der Waals surface area contributed by atoms with Gasteiger partial charge in [0.05, 0.1) is 13.1 Å². The first-order valence-electron chi connectivity index (χ1n) is 12.4. The van der Waals surface area contributed by atoms with E-state index >= 15 is 0 Å². The van der Waals surface area contributed by atoms with E-state index in [2.05, 4.69) is 39.6 Å². The maximum Gasteiger partial charge on any atom is 0.318 e. The lowest BCUT2D eigenvalue weighted by molar-refractivity contribution is -0.938. The van der Waals surface area contributed by atoms with Gasteiger partial charge in [-0.2, -0.15) is 0 Å². The number of fused-ring (bicyclic) bond motifs is 5. The molecule has 0 unspecified atom stereocenters. The molecule has 3 fully saturated rings. The number of nitrogens with one attached hydrogen (secondary N) is 1. The number of halogens is 1. The van der Waals surface area contributed by atoms with Gasteiger partial charge in [-0.25, -0.2) is 9.97 Å². The Hall–Kier alpha value is -3.10. The molecule has 3 aromatic rings. The molecule has 0 spiro atoms. The number of benzene rings is 2. The Kier molecular flexibility index (Phi) is 6.90. The van der Waals surface area contributed by atoms with Crippen molar-refractivity contribution in [2.75, 3.05) is 31.5 Å². The van der Waals surface area contributed by atoms with Gasteiger partial charge in [-0.1, -0.05) is 48.5 Å². The maximum absolute atomic E-state index is 13.7. The number of anilines is 1. The second-order valence-corrected chi connectivity index (χ2v) is 10.1. The van der Waals surface area contributed by atoms with E-state index in [0.29, 0.717) is 29.3 Å². The number of quaternary nitrogens is 1. The van der Waals surface area contributed by atoms with E-state index < -0.39 is 5.92 Å². The largest absolute Gasteiger partial charge is 1.00 e. The molecule has 3 aliphatic heterocycles. The molecule has 4 aliphatic rings. The molecule has 0 radical (unpaired) electrons. The van der Waals surface area contributed by atoms with Crippen LogP contribution in [-0.2, 0) is 20.7 Å². The van der Waals surface area contributed by atoms with Gasteiger partial charge >= 0.3 is 5.97 Å². The van der Waals surface area contributed by atoms with Crippen LogP contribution in [0.25, 0.3) is 0 Å². The average molecular weight is 549 g/mol. The molecule has 1 aliphatic carbocycles. The van der Waals surface area contributed by atoms with E-state index in [-0.39, 0.29) is 35.0 Å². The van der Waals surface area contributed by atoms with Crippen LogP contribution in [0.1, 0.15) is 41.0 Å². The highest BCUT2D eigenvalue weighted by molar-refractivity contribution is 5.90. The molecule has 7 nitrogen and oxygen atoms in total. The molecule has 7 rings (SSSR count). The first-order chi connectivity index (χ1) is 17.1. The minimum atomic E-state index is -0.402. The molecule has 3 saturated heterocycles. The third kappa shape index (κ3) is 4.67. The van der Waals surface area contributed by atoms with Crippen molar-refractivity contribution in [3.8, 4) is 0 Å². The van der Waals surface area contributed by atoms with Gasteiger partial charge in [-0.15, -0.1) is 0 Å². The monoisotopic (exact) mass is 548 g/mol. The molecular weight excluding hydrogens is 520 g/mol. The first kappa shape index (κ1) is 24.6. The molecule has 1 atom stereocenters. The zero-order valence-corrected chi connectivity index (χ0v) is 21.6. The summed E-state index contributed by atoms with van der Waals surface area (Å²) in [6, 6.07) is 18.1. The molecule has 1 amide bonds. The summed E-state index contributed by atoms with van der Waals surface area (Å²) in [4.78, 5) is 34.5. The van der Waals surface area contributed by atoms with Crippen LogP contribution < -0.4 is 22.3 Å². The maximum atomic E-state index is 13.7. The Labute approximate surface area is 221 Å². The van der Waals surface area contributed by atoms with Crippen LogP contribution in [-0.4, -0.2) is 58.6 Å². The van der Waals surface area contributed by atoms with E-state index in [9.17, 15) is 9.59 Å². The van der Waals surface area contributed by atoms with E-state index in [0.717, 1.165) is 43.5 Å². The Bertz CT molecular complexity index is 1210. The molecule has 4 heterocycles. The standard InChI is InChI=1S/C28H28N4O3.BrH/c33-26(31-25-9-12-29-18-30-25)17-32-13-10-19(11-14-32)24(16-32)35-28(34)27-22-7-3-1-5-20(22)15-21-6-2-4-8-23(21)27;/h1-9,12,18-19,24,27H,10-11,13-17H2;1H/t19?,24-,32?;/m0./s1. The van der Waals surface area contributed by atoms with E-state index in [1.807, 2.05) is 24.3 Å². The molecule has 1 N–H and O–H groups in total. The van der Waals surface area contributed by atoms with Crippen molar-refractivity contribution in [2.45, 2.75) is 31.3 Å². The van der Waals surface area contributed by atoms with Crippen molar-refractivity contribution < 1.29 is 35.8 Å². The minimum absolute atomic E-state index is 0. The highest BCUT2D eigenvalue weighted by Gasteiger charge is 2.49. The number of hydrogen-bond acceptors (Lipinski definition) is 5. The van der Waals surface area contributed by atoms with Gasteiger partial charge in [-0.05, 0) is 34.7 Å². The molecule has 0 saturated carbocycles. The van der Waals surface area contributed by atoms with Crippen molar-refractivity contribution >= 4 is 17.7 Å². The number of hydrogen-bond donors (Lipinski definition) is 1. The van der Waals surface area contributed by atoms with Crippen LogP contribution in [0.2, 0.25) is 0 Å². The number of nitrogens with zero attached hydrogens (tertiary/aromatic N) is 3. The fourth-order valence-electron chi connectivity index (χ4n) is 6.23. The summed E-state index contributed by atoms with van der Waals surface area (Å²) in [5, 5.41) is 2.88. The van der Waals surface area contributed by atoms with E-state index in [1.165, 1.54) is 17.5 Å². The highest BCUT2D eigenvalue weighted by atomic mass is 79.9. The fourth-order valence-corrected chi connectivity index (χ4v) is 6.23. The molecule has 2 bridgehead atoms. The molecule has 2 aromatic carbocycles. The summed E-state index contributed by atoms with van der Waals surface area (Å²) in [6.45, 7) is 2.92. The third-order valence-corrected chi connectivity index (χ3v) is 7.99. The second-order valence-electron chi connectivity index (χ2n) is 10.1. The predicted octanol–water partition coefficient (Wildman–Crippen LogP) is 0.308. The molecule has 8 heteroatoms. The average Bonchev–Trinajstić information content (AvgIpc) is 2.88. The second kappa shape index (κ2) is 10.1. The van der Waals surface area contributed by atoms with Gasteiger partial charge in [0.25, 0.3) is 5.91 Å². The zero-order chi connectivity index (χ0) is 23.8. The summed E-state index contributed by atoms with van der Waals surface area (Å²) < 4.78 is 6.95. The van der Waals surface area contributed by atoms with Crippen LogP contribution in [0.5, 0.6) is 0 Å². The number of piperidine rings is 3. The summed E-state index contributed by atoms with van der Waals surface area (Å²) >= 11 is 0. The van der Waals surface area contributed by atoms with Gasteiger partial charge in [-0.3, -0.25) is 9.59 Å². The fraction of sp³-hybridized carbons (Fsp3) is 0.357. The van der Waals surface area contributed by atoms with E-state index in [4.69, 9.17) is 4.74 Å². The number of rotatable bonds is 5. The highest BCUT2D eigenvalue weighted by Crippen LogP contribution is 2.40. The number of esters is 1. The smallest absolute Gasteiger partial charge is 0.318 e. The number of carbonyl (C=O) groups excluding carboxylic acids is 2. The van der Waals surface area contributed by atoms with E-state index in [1.54, 1.807) is 12.3 Å². The number of aromatic nitrogens is 2. The molecule has 36 heavy (non-hydrogen) atoms. The van der Waals surface area contributed by atoms with Crippen LogP contribution in [0.4, 0.5) is 5.82 Å². The Balaban J connectivity index is 0.00000267. The predicted molar refractivity (Wildman–Crippen MR) is 131 cm³/mol. The normalized spacial score (nSPS) is 24.1. The SMILES string of the molecule is O=C(C[N+]12CCC(CC1)[C@@H](OC(=O)C1c3ccccc3Cc3ccccc31)C2)Nc1ccncn1.[Br-]. The summed E-state index contributed by atoms with van der Waals surface area (Å²) in [5.41, 5.74) is 4.47. The van der Waals surface area contributed by atoms with Gasteiger partial charge in [0.15, 0.2) is 12.6 Å². The number of ether oxygens (including phenoxy) is 1. The van der Waals surface area contributed by atoms with Crippen molar-refractivity contribution in [1.29, 1.82) is 0 Å². The van der Waals surface area contributed by atoms with Crippen molar-refractivity contribution in [1.82, 2.24) is 9.97 Å². The summed E-state index contributed by atoms with van der Waals surface area (Å²) in [7, 11) is 0. The lowest BCUT2D eigenvalue weighted by Gasteiger charge is -2.51. The quantitative estimate of drug-likeness (QED) is 0.366.